The van der Waals surface area contributed by atoms with Crippen LogP contribution in [-0.2, 0) is 11.3 Å². The Bertz CT molecular complexity index is 364. The lowest BCUT2D eigenvalue weighted by Gasteiger charge is -2.12. The molecule has 1 rings (SSSR count). The second-order valence-corrected chi connectivity index (χ2v) is 4.78. The number of nitrogens with zero attached hydrogens (tertiary/aromatic N) is 1. The van der Waals surface area contributed by atoms with Gasteiger partial charge in [0.15, 0.2) is 0 Å². The first-order valence-corrected chi connectivity index (χ1v) is 6.87. The third-order valence-corrected chi connectivity index (χ3v) is 3.08. The molecule has 0 radical (unpaired) electrons. The summed E-state index contributed by atoms with van der Waals surface area (Å²) in [5.74, 6) is 0. The molecule has 2 heteroatoms. The number of rotatable bonds is 8. The van der Waals surface area contributed by atoms with Gasteiger partial charge in [-0.2, -0.15) is 5.26 Å². The molecular weight excluding hydrogens is 222 g/mol. The van der Waals surface area contributed by atoms with Crippen LogP contribution in [0.3, 0.4) is 0 Å². The molecule has 0 bridgehead atoms. The van der Waals surface area contributed by atoms with Crippen LogP contribution in [0.2, 0.25) is 0 Å². The fourth-order valence-electron chi connectivity index (χ4n) is 1.86. The van der Waals surface area contributed by atoms with E-state index < -0.39 is 0 Å². The summed E-state index contributed by atoms with van der Waals surface area (Å²) >= 11 is 0. The van der Waals surface area contributed by atoms with E-state index in [1.54, 1.807) is 0 Å². The van der Waals surface area contributed by atoms with Crippen LogP contribution in [0, 0.1) is 11.3 Å². The zero-order valence-electron chi connectivity index (χ0n) is 11.5. The first-order valence-electron chi connectivity index (χ1n) is 6.87. The van der Waals surface area contributed by atoms with Gasteiger partial charge < -0.3 is 4.74 Å². The SMILES string of the molecule is CCCCCCC(C)OCc1ccc(C#N)cc1. The van der Waals surface area contributed by atoms with E-state index in [2.05, 4.69) is 19.9 Å². The van der Waals surface area contributed by atoms with E-state index in [1.165, 1.54) is 25.7 Å². The summed E-state index contributed by atoms with van der Waals surface area (Å²) in [6, 6.07) is 9.72. The molecule has 0 fully saturated rings. The van der Waals surface area contributed by atoms with Crippen LogP contribution >= 0.6 is 0 Å². The van der Waals surface area contributed by atoms with Crippen molar-refractivity contribution < 1.29 is 4.74 Å². The highest BCUT2D eigenvalue weighted by Gasteiger charge is 2.02. The molecular formula is C16H23NO. The van der Waals surface area contributed by atoms with Crippen LogP contribution in [0.25, 0.3) is 0 Å². The van der Waals surface area contributed by atoms with Crippen molar-refractivity contribution in [2.45, 2.75) is 58.7 Å². The maximum atomic E-state index is 8.71. The first-order chi connectivity index (χ1) is 8.76. The van der Waals surface area contributed by atoms with Crippen molar-refractivity contribution in [2.75, 3.05) is 0 Å². The Labute approximate surface area is 111 Å². The number of hydrogen-bond acceptors (Lipinski definition) is 2. The highest BCUT2D eigenvalue weighted by molar-refractivity contribution is 5.31. The zero-order valence-corrected chi connectivity index (χ0v) is 11.5. The highest BCUT2D eigenvalue weighted by Crippen LogP contribution is 2.11. The monoisotopic (exact) mass is 245 g/mol. The van der Waals surface area contributed by atoms with Crippen molar-refractivity contribution in [3.63, 3.8) is 0 Å². The fourth-order valence-corrected chi connectivity index (χ4v) is 1.86. The molecule has 0 aliphatic heterocycles. The minimum absolute atomic E-state index is 0.317. The van der Waals surface area contributed by atoms with Gasteiger partial charge in [-0.3, -0.25) is 0 Å². The predicted molar refractivity (Wildman–Crippen MR) is 74.2 cm³/mol. The molecule has 0 aliphatic rings. The smallest absolute Gasteiger partial charge is 0.0991 e. The Balaban J connectivity index is 2.21. The Morgan fingerprint density at radius 1 is 1.17 bits per heavy atom. The van der Waals surface area contributed by atoms with Gasteiger partial charge in [-0.15, -0.1) is 0 Å². The molecule has 1 aromatic carbocycles. The lowest BCUT2D eigenvalue weighted by molar-refractivity contribution is 0.0459. The lowest BCUT2D eigenvalue weighted by atomic mass is 10.1. The molecule has 98 valence electrons. The maximum Gasteiger partial charge on any atom is 0.0991 e. The van der Waals surface area contributed by atoms with Gasteiger partial charge >= 0.3 is 0 Å². The second kappa shape index (κ2) is 8.72. The van der Waals surface area contributed by atoms with E-state index in [9.17, 15) is 0 Å². The Morgan fingerprint density at radius 2 is 1.89 bits per heavy atom. The van der Waals surface area contributed by atoms with Crippen LogP contribution in [0.15, 0.2) is 24.3 Å². The predicted octanol–water partition coefficient (Wildman–Crippen LogP) is 4.43. The highest BCUT2D eigenvalue weighted by atomic mass is 16.5. The molecule has 2 nitrogen and oxygen atoms in total. The van der Waals surface area contributed by atoms with Crippen LogP contribution in [0.1, 0.15) is 57.1 Å². The Morgan fingerprint density at radius 3 is 2.50 bits per heavy atom. The lowest BCUT2D eigenvalue weighted by Crippen LogP contribution is -2.07. The van der Waals surface area contributed by atoms with Gasteiger partial charge in [-0.05, 0) is 31.0 Å². The van der Waals surface area contributed by atoms with E-state index >= 15 is 0 Å². The van der Waals surface area contributed by atoms with Gasteiger partial charge in [0.1, 0.15) is 0 Å². The van der Waals surface area contributed by atoms with E-state index in [0.29, 0.717) is 18.3 Å². The molecule has 1 aromatic rings. The van der Waals surface area contributed by atoms with Crippen molar-refractivity contribution in [3.8, 4) is 6.07 Å². The normalized spacial score (nSPS) is 12.1. The molecule has 0 amide bonds. The number of benzene rings is 1. The Hall–Kier alpha value is -1.33. The molecule has 0 saturated carbocycles. The summed E-state index contributed by atoms with van der Waals surface area (Å²) in [7, 11) is 0. The molecule has 0 spiro atoms. The summed E-state index contributed by atoms with van der Waals surface area (Å²) in [5, 5.41) is 8.71. The van der Waals surface area contributed by atoms with E-state index in [1.807, 2.05) is 24.3 Å². The largest absolute Gasteiger partial charge is 0.374 e. The summed E-state index contributed by atoms with van der Waals surface area (Å²) in [5.41, 5.74) is 1.83. The van der Waals surface area contributed by atoms with Gasteiger partial charge in [-0.1, -0.05) is 44.7 Å². The molecule has 1 atom stereocenters. The minimum atomic E-state index is 0.317. The molecule has 0 saturated heterocycles. The number of nitriles is 1. The van der Waals surface area contributed by atoms with Gasteiger partial charge in [0, 0.05) is 0 Å². The molecule has 0 heterocycles. The summed E-state index contributed by atoms with van der Waals surface area (Å²) in [4.78, 5) is 0. The van der Waals surface area contributed by atoms with Gasteiger partial charge in [-0.25, -0.2) is 0 Å². The summed E-state index contributed by atoms with van der Waals surface area (Å²) in [6.45, 7) is 5.00. The van der Waals surface area contributed by atoms with E-state index in [-0.39, 0.29) is 0 Å². The van der Waals surface area contributed by atoms with E-state index in [4.69, 9.17) is 10.00 Å². The average Bonchev–Trinajstić information content (AvgIpc) is 2.42. The molecule has 0 aliphatic carbocycles. The van der Waals surface area contributed by atoms with Gasteiger partial charge in [0.2, 0.25) is 0 Å². The number of ether oxygens (including phenoxy) is 1. The van der Waals surface area contributed by atoms with Crippen molar-refractivity contribution in [2.24, 2.45) is 0 Å². The van der Waals surface area contributed by atoms with Crippen molar-refractivity contribution in [1.29, 1.82) is 5.26 Å². The number of hydrogen-bond donors (Lipinski definition) is 0. The van der Waals surface area contributed by atoms with Gasteiger partial charge in [0.05, 0.1) is 24.3 Å². The minimum Gasteiger partial charge on any atom is -0.374 e. The summed E-state index contributed by atoms with van der Waals surface area (Å²) < 4.78 is 5.80. The van der Waals surface area contributed by atoms with Crippen molar-refractivity contribution in [3.05, 3.63) is 35.4 Å². The molecule has 1 unspecified atom stereocenters. The van der Waals surface area contributed by atoms with Crippen molar-refractivity contribution >= 4 is 0 Å². The van der Waals surface area contributed by atoms with Crippen LogP contribution < -0.4 is 0 Å². The topological polar surface area (TPSA) is 33.0 Å². The molecule has 0 aromatic heterocycles. The number of unbranched alkanes of at least 4 members (excludes halogenated alkanes) is 3. The van der Waals surface area contributed by atoms with Crippen molar-refractivity contribution in [1.82, 2.24) is 0 Å². The van der Waals surface area contributed by atoms with Crippen LogP contribution in [0.5, 0.6) is 0 Å². The van der Waals surface area contributed by atoms with E-state index in [0.717, 1.165) is 12.0 Å². The zero-order chi connectivity index (χ0) is 13.2. The molecule has 0 N–H and O–H groups in total. The first kappa shape index (κ1) is 14.7. The van der Waals surface area contributed by atoms with Gasteiger partial charge in [0.25, 0.3) is 0 Å². The Kier molecular flexibility index (Phi) is 7.13. The maximum absolute atomic E-state index is 8.71. The quantitative estimate of drug-likeness (QED) is 0.634. The molecule has 18 heavy (non-hydrogen) atoms. The van der Waals surface area contributed by atoms with Crippen LogP contribution in [-0.4, -0.2) is 6.10 Å². The standard InChI is InChI=1S/C16H23NO/c1-3-4-5-6-7-14(2)18-13-16-10-8-15(12-17)9-11-16/h8-11,14H,3-7,13H2,1-2H3. The second-order valence-electron chi connectivity index (χ2n) is 4.78. The fraction of sp³-hybridized carbons (Fsp3) is 0.562. The summed E-state index contributed by atoms with van der Waals surface area (Å²) in [6.07, 6.45) is 6.61. The average molecular weight is 245 g/mol. The third-order valence-electron chi connectivity index (χ3n) is 3.08. The third kappa shape index (κ3) is 5.84. The van der Waals surface area contributed by atoms with Crippen LogP contribution in [0.4, 0.5) is 0 Å².